The van der Waals surface area contributed by atoms with E-state index in [1.807, 2.05) is 5.06 Å². The number of piperidine rings is 1. The molecule has 0 aromatic carbocycles. The summed E-state index contributed by atoms with van der Waals surface area (Å²) in [6.45, 7) is 4.26. The highest BCUT2D eigenvalue weighted by Gasteiger charge is 2.12. The molecule has 3 heteroatoms. The van der Waals surface area contributed by atoms with E-state index in [1.54, 1.807) is 7.05 Å². The topological polar surface area (TPSA) is 24.8 Å². The van der Waals surface area contributed by atoms with Gasteiger partial charge >= 0.3 is 0 Å². The van der Waals surface area contributed by atoms with Crippen LogP contribution in [0.4, 0.5) is 0 Å². The van der Waals surface area contributed by atoms with Crippen LogP contribution in [-0.2, 0) is 4.84 Å². The largest absolute Gasteiger partial charge is 0.391 e. The maximum absolute atomic E-state index is 5.66. The van der Waals surface area contributed by atoms with Gasteiger partial charge in [-0.05, 0) is 19.3 Å². The molecule has 1 aliphatic heterocycles. The Morgan fingerprint density at radius 3 is 2.54 bits per heavy atom. The van der Waals surface area contributed by atoms with Crippen LogP contribution < -0.4 is 0 Å². The monoisotopic (exact) mass is 184 g/mol. The number of hydrogen-bond donors (Lipinski definition) is 0. The molecule has 1 fully saturated rings. The van der Waals surface area contributed by atoms with Gasteiger partial charge in [0.2, 0.25) is 5.90 Å². The molecule has 0 atom stereocenters. The highest BCUT2D eigenvalue weighted by molar-refractivity contribution is 5.75. The molecule has 0 aromatic rings. The summed E-state index contributed by atoms with van der Waals surface area (Å²) in [5, 5.41) is 2.04. The van der Waals surface area contributed by atoms with Gasteiger partial charge in [-0.1, -0.05) is 13.3 Å². The van der Waals surface area contributed by atoms with E-state index in [4.69, 9.17) is 4.84 Å². The molecule has 0 radical (unpaired) electrons. The van der Waals surface area contributed by atoms with E-state index in [-0.39, 0.29) is 0 Å². The van der Waals surface area contributed by atoms with E-state index < -0.39 is 0 Å². The standard InChI is InChI=1S/C10H20N2O/c1-3-7-10(11-2)13-12-8-5-4-6-9-12/h3-9H2,1-2H3. The van der Waals surface area contributed by atoms with Gasteiger partial charge in [0.15, 0.2) is 0 Å². The lowest BCUT2D eigenvalue weighted by Gasteiger charge is -2.26. The lowest BCUT2D eigenvalue weighted by molar-refractivity contribution is -0.0883. The molecule has 3 nitrogen and oxygen atoms in total. The molecule has 0 saturated carbocycles. The Hall–Kier alpha value is -0.570. The Balaban J connectivity index is 2.27. The van der Waals surface area contributed by atoms with Crippen LogP contribution in [0.2, 0.25) is 0 Å². The molecule has 0 N–H and O–H groups in total. The third-order valence-electron chi connectivity index (χ3n) is 2.26. The van der Waals surface area contributed by atoms with Gasteiger partial charge in [-0.15, -0.1) is 5.06 Å². The maximum atomic E-state index is 5.66. The number of nitrogens with zero attached hydrogens (tertiary/aromatic N) is 2. The molecule has 1 aliphatic rings. The minimum Gasteiger partial charge on any atom is -0.391 e. The number of hydroxylamine groups is 2. The van der Waals surface area contributed by atoms with E-state index in [2.05, 4.69) is 11.9 Å². The summed E-state index contributed by atoms with van der Waals surface area (Å²) in [5.41, 5.74) is 0. The Bertz CT molecular complexity index is 162. The van der Waals surface area contributed by atoms with Crippen LogP contribution in [0.3, 0.4) is 0 Å². The summed E-state index contributed by atoms with van der Waals surface area (Å²) in [7, 11) is 1.80. The Labute approximate surface area is 80.7 Å². The summed E-state index contributed by atoms with van der Waals surface area (Å²) < 4.78 is 0. The lowest BCUT2D eigenvalue weighted by Crippen LogP contribution is -2.32. The van der Waals surface area contributed by atoms with Crippen molar-refractivity contribution in [2.75, 3.05) is 20.1 Å². The van der Waals surface area contributed by atoms with Crippen molar-refractivity contribution in [2.24, 2.45) is 4.99 Å². The molecule has 1 rings (SSSR count). The van der Waals surface area contributed by atoms with Crippen molar-refractivity contribution in [3.63, 3.8) is 0 Å². The normalized spacial score (nSPS) is 20.3. The van der Waals surface area contributed by atoms with Crippen LogP contribution in [0, 0.1) is 0 Å². The third kappa shape index (κ3) is 3.77. The van der Waals surface area contributed by atoms with E-state index in [1.165, 1.54) is 19.3 Å². The first-order chi connectivity index (χ1) is 6.36. The van der Waals surface area contributed by atoms with Crippen LogP contribution in [-0.4, -0.2) is 31.1 Å². The zero-order valence-corrected chi connectivity index (χ0v) is 8.75. The van der Waals surface area contributed by atoms with Gasteiger partial charge in [-0.2, -0.15) is 0 Å². The van der Waals surface area contributed by atoms with Gasteiger partial charge in [-0.25, -0.2) is 0 Å². The second-order valence-corrected chi connectivity index (χ2v) is 3.45. The first kappa shape index (κ1) is 10.5. The molecule has 1 heterocycles. The van der Waals surface area contributed by atoms with E-state index in [9.17, 15) is 0 Å². The molecule has 0 aliphatic carbocycles. The second kappa shape index (κ2) is 5.97. The molecular weight excluding hydrogens is 164 g/mol. The molecule has 0 unspecified atom stereocenters. The number of hydrogen-bond acceptors (Lipinski definition) is 3. The van der Waals surface area contributed by atoms with Gasteiger partial charge in [-0.3, -0.25) is 4.99 Å². The minimum absolute atomic E-state index is 0.879. The Kier molecular flexibility index (Phi) is 4.83. The van der Waals surface area contributed by atoms with Crippen molar-refractivity contribution < 1.29 is 4.84 Å². The molecule has 0 bridgehead atoms. The molecule has 0 amide bonds. The van der Waals surface area contributed by atoms with Crippen molar-refractivity contribution in [3.8, 4) is 0 Å². The van der Waals surface area contributed by atoms with Crippen LogP contribution in [0.15, 0.2) is 4.99 Å². The van der Waals surface area contributed by atoms with Gasteiger partial charge in [0.05, 0.1) is 0 Å². The number of rotatable bonds is 3. The summed E-state index contributed by atoms with van der Waals surface area (Å²) in [6, 6.07) is 0. The van der Waals surface area contributed by atoms with Gasteiger partial charge in [0.1, 0.15) is 0 Å². The van der Waals surface area contributed by atoms with Gasteiger partial charge in [0.25, 0.3) is 0 Å². The van der Waals surface area contributed by atoms with E-state index in [0.29, 0.717) is 0 Å². The Morgan fingerprint density at radius 2 is 2.00 bits per heavy atom. The fourth-order valence-electron chi connectivity index (χ4n) is 1.52. The van der Waals surface area contributed by atoms with Crippen molar-refractivity contribution in [2.45, 2.75) is 39.0 Å². The highest BCUT2D eigenvalue weighted by Crippen LogP contribution is 2.10. The summed E-state index contributed by atoms with van der Waals surface area (Å²) in [5.74, 6) is 0.879. The van der Waals surface area contributed by atoms with Crippen LogP contribution in [0.5, 0.6) is 0 Å². The number of aliphatic imine (C=N–C) groups is 1. The fourth-order valence-corrected chi connectivity index (χ4v) is 1.52. The molecule has 76 valence electrons. The van der Waals surface area contributed by atoms with Crippen LogP contribution in [0.1, 0.15) is 39.0 Å². The quantitative estimate of drug-likeness (QED) is 0.496. The summed E-state index contributed by atoms with van der Waals surface area (Å²) >= 11 is 0. The summed E-state index contributed by atoms with van der Waals surface area (Å²) in [6.07, 6.45) is 5.89. The highest BCUT2D eigenvalue weighted by atomic mass is 16.7. The van der Waals surface area contributed by atoms with Crippen LogP contribution >= 0.6 is 0 Å². The fraction of sp³-hybridized carbons (Fsp3) is 0.900. The van der Waals surface area contributed by atoms with E-state index in [0.717, 1.165) is 31.8 Å². The van der Waals surface area contributed by atoms with Crippen molar-refractivity contribution in [3.05, 3.63) is 0 Å². The zero-order valence-electron chi connectivity index (χ0n) is 8.75. The second-order valence-electron chi connectivity index (χ2n) is 3.45. The predicted octanol–water partition coefficient (Wildman–Crippen LogP) is 2.23. The van der Waals surface area contributed by atoms with Crippen molar-refractivity contribution in [1.82, 2.24) is 5.06 Å². The smallest absolute Gasteiger partial charge is 0.209 e. The average molecular weight is 184 g/mol. The molecule has 0 spiro atoms. The molecule has 1 saturated heterocycles. The molecule has 13 heavy (non-hydrogen) atoms. The first-order valence-electron chi connectivity index (χ1n) is 5.25. The van der Waals surface area contributed by atoms with Crippen molar-refractivity contribution >= 4 is 5.90 Å². The Morgan fingerprint density at radius 1 is 1.31 bits per heavy atom. The minimum atomic E-state index is 0.879. The van der Waals surface area contributed by atoms with Gasteiger partial charge < -0.3 is 4.84 Å². The van der Waals surface area contributed by atoms with Crippen molar-refractivity contribution in [1.29, 1.82) is 0 Å². The molecule has 0 aromatic heterocycles. The zero-order chi connectivity index (χ0) is 9.52. The van der Waals surface area contributed by atoms with Crippen LogP contribution in [0.25, 0.3) is 0 Å². The SMILES string of the molecule is CCCC(=NC)ON1CCCCC1. The summed E-state index contributed by atoms with van der Waals surface area (Å²) in [4.78, 5) is 9.79. The van der Waals surface area contributed by atoms with E-state index >= 15 is 0 Å². The van der Waals surface area contributed by atoms with Gasteiger partial charge in [0, 0.05) is 26.6 Å². The average Bonchev–Trinajstić information content (AvgIpc) is 2.19. The lowest BCUT2D eigenvalue weighted by atomic mass is 10.2. The molecular formula is C10H20N2O. The predicted molar refractivity (Wildman–Crippen MR) is 54.8 cm³/mol. The maximum Gasteiger partial charge on any atom is 0.209 e. The first-order valence-corrected chi connectivity index (χ1v) is 5.25. The third-order valence-corrected chi connectivity index (χ3v) is 2.26.